The van der Waals surface area contributed by atoms with Crippen LogP contribution in [0.2, 0.25) is 0 Å². The van der Waals surface area contributed by atoms with Crippen molar-refractivity contribution in [1.29, 1.82) is 0 Å². The van der Waals surface area contributed by atoms with Gasteiger partial charge in [0.25, 0.3) is 0 Å². The molecule has 1 aliphatic heterocycles. The van der Waals surface area contributed by atoms with Gasteiger partial charge in [0.2, 0.25) is 0 Å². The summed E-state index contributed by atoms with van der Waals surface area (Å²) in [4.78, 5) is 2.55. The molecule has 2 heteroatoms. The molecule has 0 aliphatic carbocycles. The molecular weight excluding hydrogens is 174 g/mol. The summed E-state index contributed by atoms with van der Waals surface area (Å²) in [7, 11) is 0. The summed E-state index contributed by atoms with van der Waals surface area (Å²) >= 11 is 0. The van der Waals surface area contributed by atoms with Gasteiger partial charge in [0.1, 0.15) is 0 Å². The smallest absolute Gasteiger partial charge is 0.0703 e. The van der Waals surface area contributed by atoms with Crippen LogP contribution in [0.25, 0.3) is 0 Å². The van der Waals surface area contributed by atoms with E-state index in [1.165, 1.54) is 0 Å². The fourth-order valence-corrected chi connectivity index (χ4v) is 2.13. The van der Waals surface area contributed by atoms with Crippen LogP contribution in [0.5, 0.6) is 0 Å². The maximum absolute atomic E-state index is 5.80. The topological polar surface area (TPSA) is 12.5 Å². The Bertz CT molecular complexity index is 185. The molecular formula is C12H25NO. The lowest BCUT2D eigenvalue weighted by molar-refractivity contribution is -0.106. The largest absolute Gasteiger partial charge is 0.373 e. The monoisotopic (exact) mass is 199 g/mol. The SMILES string of the molecule is CC1CN(CC(C)(C)C)C(C)C(C)O1. The summed E-state index contributed by atoms with van der Waals surface area (Å²) in [6.45, 7) is 15.7. The molecule has 0 saturated carbocycles. The van der Waals surface area contributed by atoms with E-state index < -0.39 is 0 Å². The first kappa shape index (κ1) is 12.0. The van der Waals surface area contributed by atoms with Crippen LogP contribution in [-0.4, -0.2) is 36.2 Å². The van der Waals surface area contributed by atoms with Crippen molar-refractivity contribution >= 4 is 0 Å². The Morgan fingerprint density at radius 1 is 1.21 bits per heavy atom. The van der Waals surface area contributed by atoms with Gasteiger partial charge in [-0.05, 0) is 26.2 Å². The quantitative estimate of drug-likeness (QED) is 0.643. The molecule has 2 nitrogen and oxygen atoms in total. The summed E-state index contributed by atoms with van der Waals surface area (Å²) in [5.74, 6) is 0. The molecule has 1 fully saturated rings. The van der Waals surface area contributed by atoms with Gasteiger partial charge in [-0.15, -0.1) is 0 Å². The Morgan fingerprint density at radius 3 is 2.29 bits per heavy atom. The summed E-state index contributed by atoms with van der Waals surface area (Å²) in [5, 5.41) is 0. The molecule has 1 saturated heterocycles. The van der Waals surface area contributed by atoms with E-state index in [1.54, 1.807) is 0 Å². The number of rotatable bonds is 1. The van der Waals surface area contributed by atoms with Crippen LogP contribution in [0.3, 0.4) is 0 Å². The summed E-state index contributed by atoms with van der Waals surface area (Å²) in [6.07, 6.45) is 0.740. The highest BCUT2D eigenvalue weighted by Crippen LogP contribution is 2.23. The highest BCUT2D eigenvalue weighted by molar-refractivity contribution is 4.83. The lowest BCUT2D eigenvalue weighted by atomic mass is 9.94. The Balaban J connectivity index is 2.58. The van der Waals surface area contributed by atoms with Crippen molar-refractivity contribution < 1.29 is 4.74 Å². The van der Waals surface area contributed by atoms with Crippen molar-refractivity contribution in [2.45, 2.75) is 59.8 Å². The van der Waals surface area contributed by atoms with Crippen LogP contribution in [0.1, 0.15) is 41.5 Å². The number of ether oxygens (including phenoxy) is 1. The van der Waals surface area contributed by atoms with Crippen LogP contribution in [-0.2, 0) is 4.74 Å². The van der Waals surface area contributed by atoms with Gasteiger partial charge in [-0.25, -0.2) is 0 Å². The molecule has 0 spiro atoms. The van der Waals surface area contributed by atoms with Gasteiger partial charge in [0.05, 0.1) is 12.2 Å². The maximum Gasteiger partial charge on any atom is 0.0703 e. The molecule has 0 radical (unpaired) electrons. The molecule has 0 amide bonds. The molecule has 0 aromatic rings. The van der Waals surface area contributed by atoms with Gasteiger partial charge >= 0.3 is 0 Å². The third-order valence-corrected chi connectivity index (χ3v) is 2.87. The van der Waals surface area contributed by atoms with Crippen LogP contribution in [0.15, 0.2) is 0 Å². The van der Waals surface area contributed by atoms with Gasteiger partial charge in [0, 0.05) is 19.1 Å². The Morgan fingerprint density at radius 2 is 1.79 bits per heavy atom. The standard InChI is InChI=1S/C12H25NO/c1-9-7-13(8-12(4,5)6)10(2)11(3)14-9/h9-11H,7-8H2,1-6H3. The normalized spacial score (nSPS) is 36.0. The second-order valence-corrected chi connectivity index (χ2v) is 5.88. The Kier molecular flexibility index (Phi) is 3.59. The summed E-state index contributed by atoms with van der Waals surface area (Å²) in [6, 6.07) is 0.547. The van der Waals surface area contributed by atoms with Crippen molar-refractivity contribution in [3.63, 3.8) is 0 Å². The molecule has 0 bridgehead atoms. The van der Waals surface area contributed by atoms with Crippen molar-refractivity contribution in [3.05, 3.63) is 0 Å². The van der Waals surface area contributed by atoms with Crippen molar-refractivity contribution in [3.8, 4) is 0 Å². The molecule has 0 aromatic carbocycles. The van der Waals surface area contributed by atoms with Gasteiger partial charge < -0.3 is 4.74 Å². The summed E-state index contributed by atoms with van der Waals surface area (Å²) in [5.41, 5.74) is 0.380. The van der Waals surface area contributed by atoms with Gasteiger partial charge in [-0.3, -0.25) is 4.90 Å². The van der Waals surface area contributed by atoms with Gasteiger partial charge in [-0.1, -0.05) is 20.8 Å². The second kappa shape index (κ2) is 4.19. The number of hydrogen-bond acceptors (Lipinski definition) is 2. The highest BCUT2D eigenvalue weighted by Gasteiger charge is 2.31. The van der Waals surface area contributed by atoms with Crippen LogP contribution >= 0.6 is 0 Å². The number of nitrogens with zero attached hydrogens (tertiary/aromatic N) is 1. The Hall–Kier alpha value is -0.0800. The average molecular weight is 199 g/mol. The van der Waals surface area contributed by atoms with Crippen LogP contribution < -0.4 is 0 Å². The lowest BCUT2D eigenvalue weighted by Gasteiger charge is -2.43. The van der Waals surface area contributed by atoms with Crippen LogP contribution in [0, 0.1) is 5.41 Å². The highest BCUT2D eigenvalue weighted by atomic mass is 16.5. The first-order valence-corrected chi connectivity index (χ1v) is 5.69. The predicted molar refractivity (Wildman–Crippen MR) is 60.5 cm³/mol. The van der Waals surface area contributed by atoms with Crippen molar-refractivity contribution in [2.75, 3.05) is 13.1 Å². The molecule has 84 valence electrons. The van der Waals surface area contributed by atoms with Crippen molar-refractivity contribution in [1.82, 2.24) is 4.90 Å². The second-order valence-electron chi connectivity index (χ2n) is 5.88. The van der Waals surface area contributed by atoms with E-state index in [0.29, 0.717) is 23.7 Å². The van der Waals surface area contributed by atoms with E-state index in [4.69, 9.17) is 4.74 Å². The Labute approximate surface area is 88.6 Å². The fraction of sp³-hybridized carbons (Fsp3) is 1.00. The van der Waals surface area contributed by atoms with Gasteiger partial charge in [0.15, 0.2) is 0 Å². The van der Waals surface area contributed by atoms with E-state index in [0.717, 1.165) is 13.1 Å². The van der Waals surface area contributed by atoms with Gasteiger partial charge in [-0.2, -0.15) is 0 Å². The van der Waals surface area contributed by atoms with E-state index in [-0.39, 0.29) is 0 Å². The van der Waals surface area contributed by atoms with E-state index in [2.05, 4.69) is 46.4 Å². The maximum atomic E-state index is 5.80. The van der Waals surface area contributed by atoms with Crippen molar-refractivity contribution in [2.24, 2.45) is 5.41 Å². The molecule has 14 heavy (non-hydrogen) atoms. The number of morpholine rings is 1. The minimum atomic E-state index is 0.362. The fourth-order valence-electron chi connectivity index (χ4n) is 2.13. The minimum Gasteiger partial charge on any atom is -0.373 e. The van der Waals surface area contributed by atoms with E-state index in [1.807, 2.05) is 0 Å². The minimum absolute atomic E-state index is 0.362. The zero-order valence-corrected chi connectivity index (χ0v) is 10.5. The van der Waals surface area contributed by atoms with E-state index >= 15 is 0 Å². The molecule has 3 unspecified atom stereocenters. The van der Waals surface area contributed by atoms with E-state index in [9.17, 15) is 0 Å². The molecule has 3 atom stereocenters. The predicted octanol–water partition coefficient (Wildman–Crippen LogP) is 2.53. The molecule has 1 heterocycles. The number of hydrogen-bond donors (Lipinski definition) is 0. The zero-order chi connectivity index (χ0) is 10.9. The third-order valence-electron chi connectivity index (χ3n) is 2.87. The molecule has 0 N–H and O–H groups in total. The first-order chi connectivity index (χ1) is 6.29. The zero-order valence-electron chi connectivity index (χ0n) is 10.5. The molecule has 0 aromatic heterocycles. The molecule has 1 rings (SSSR count). The first-order valence-electron chi connectivity index (χ1n) is 5.69. The molecule has 1 aliphatic rings. The summed E-state index contributed by atoms with van der Waals surface area (Å²) < 4.78 is 5.80. The average Bonchev–Trinajstić information content (AvgIpc) is 1.96. The lowest BCUT2D eigenvalue weighted by Crippen LogP contribution is -2.53. The third kappa shape index (κ3) is 3.25. The van der Waals surface area contributed by atoms with Crippen LogP contribution in [0.4, 0.5) is 0 Å².